The van der Waals surface area contributed by atoms with Crippen molar-refractivity contribution in [1.29, 1.82) is 0 Å². The number of carbonyl (C=O) groups is 1. The molecule has 1 amide bonds. The van der Waals surface area contributed by atoms with Crippen LogP contribution in [0.1, 0.15) is 44.6 Å². The fourth-order valence-electron chi connectivity index (χ4n) is 4.41. The zero-order chi connectivity index (χ0) is 22.4. The largest absolute Gasteiger partial charge is 0.383 e. The minimum Gasteiger partial charge on any atom is -0.383 e. The highest BCUT2D eigenvalue weighted by Crippen LogP contribution is 2.24. The van der Waals surface area contributed by atoms with Crippen LogP contribution in [0.15, 0.2) is 39.9 Å². The molecule has 0 aliphatic heterocycles. The normalized spacial score (nSPS) is 14.7. The van der Waals surface area contributed by atoms with Crippen molar-refractivity contribution in [1.82, 2.24) is 14.5 Å². The number of benzene rings is 1. The summed E-state index contributed by atoms with van der Waals surface area (Å²) in [7, 11) is 1.93. The molecule has 1 saturated carbocycles. The standard InChI is InChI=1S/C23H33N5O3/c1-3-27(19(29)16-26(2)14-17-10-6-4-7-11-17)20-21(24)28(23(31)25-22(20)30)15-18-12-8-5-9-13-18/h5,8-9,12-13,17H,3-4,6-7,10-11,14-16,24H2,1-2H3,(H,25,30,31). The first-order chi connectivity index (χ1) is 14.9. The van der Waals surface area contributed by atoms with Crippen LogP contribution in [0.25, 0.3) is 0 Å². The van der Waals surface area contributed by atoms with Gasteiger partial charge >= 0.3 is 5.69 Å². The molecule has 3 rings (SSSR count). The van der Waals surface area contributed by atoms with Crippen LogP contribution in [0.5, 0.6) is 0 Å². The van der Waals surface area contributed by atoms with Gasteiger partial charge in [-0.2, -0.15) is 0 Å². The van der Waals surface area contributed by atoms with E-state index in [2.05, 4.69) is 4.98 Å². The number of H-pyrrole nitrogens is 1. The van der Waals surface area contributed by atoms with E-state index in [0.29, 0.717) is 5.92 Å². The Hall–Kier alpha value is -2.87. The fraction of sp³-hybridized carbons (Fsp3) is 0.522. The molecule has 0 radical (unpaired) electrons. The topological polar surface area (TPSA) is 104 Å². The van der Waals surface area contributed by atoms with Crippen molar-refractivity contribution >= 4 is 17.4 Å². The van der Waals surface area contributed by atoms with Gasteiger partial charge in [0.15, 0.2) is 5.69 Å². The van der Waals surface area contributed by atoms with Crippen molar-refractivity contribution in [2.24, 2.45) is 5.92 Å². The van der Waals surface area contributed by atoms with E-state index in [1.807, 2.05) is 42.3 Å². The second kappa shape index (κ2) is 10.4. The van der Waals surface area contributed by atoms with Crippen LogP contribution in [-0.2, 0) is 11.3 Å². The summed E-state index contributed by atoms with van der Waals surface area (Å²) < 4.78 is 1.30. The number of anilines is 2. The van der Waals surface area contributed by atoms with E-state index in [4.69, 9.17) is 5.73 Å². The first-order valence-electron chi connectivity index (χ1n) is 11.1. The van der Waals surface area contributed by atoms with Gasteiger partial charge in [0.05, 0.1) is 13.1 Å². The van der Waals surface area contributed by atoms with E-state index in [1.165, 1.54) is 41.6 Å². The van der Waals surface area contributed by atoms with Crippen molar-refractivity contribution in [3.05, 3.63) is 56.7 Å². The van der Waals surface area contributed by atoms with E-state index in [0.717, 1.165) is 12.1 Å². The second-order valence-corrected chi connectivity index (χ2v) is 8.40. The number of hydrogen-bond donors (Lipinski definition) is 2. The Morgan fingerprint density at radius 2 is 1.84 bits per heavy atom. The molecule has 168 valence electrons. The van der Waals surface area contributed by atoms with Gasteiger partial charge in [0.25, 0.3) is 5.56 Å². The number of rotatable bonds is 8. The maximum atomic E-state index is 13.1. The van der Waals surface area contributed by atoms with Gasteiger partial charge in [-0.05, 0) is 38.3 Å². The molecule has 0 bridgehead atoms. The quantitative estimate of drug-likeness (QED) is 0.671. The summed E-state index contributed by atoms with van der Waals surface area (Å²) >= 11 is 0. The summed E-state index contributed by atoms with van der Waals surface area (Å²) in [5.41, 5.74) is 5.94. The summed E-state index contributed by atoms with van der Waals surface area (Å²) in [6.07, 6.45) is 6.20. The van der Waals surface area contributed by atoms with E-state index < -0.39 is 11.2 Å². The minimum absolute atomic E-state index is 0.00253. The Balaban J connectivity index is 1.81. The van der Waals surface area contributed by atoms with Crippen LogP contribution in [0.3, 0.4) is 0 Å². The molecule has 0 atom stereocenters. The zero-order valence-corrected chi connectivity index (χ0v) is 18.5. The zero-order valence-electron chi connectivity index (χ0n) is 18.5. The van der Waals surface area contributed by atoms with E-state index >= 15 is 0 Å². The van der Waals surface area contributed by atoms with Gasteiger partial charge in [0, 0.05) is 13.1 Å². The van der Waals surface area contributed by atoms with Gasteiger partial charge in [0.2, 0.25) is 5.91 Å². The number of likely N-dealkylation sites (N-methyl/N-ethyl adjacent to an activating group) is 2. The summed E-state index contributed by atoms with van der Waals surface area (Å²) in [6, 6.07) is 9.37. The minimum atomic E-state index is -0.642. The van der Waals surface area contributed by atoms with Gasteiger partial charge in [0.1, 0.15) is 5.82 Å². The van der Waals surface area contributed by atoms with Gasteiger partial charge in [-0.15, -0.1) is 0 Å². The predicted octanol–water partition coefficient (Wildman–Crippen LogP) is 2.03. The van der Waals surface area contributed by atoms with Crippen LogP contribution in [0, 0.1) is 5.92 Å². The molecule has 1 heterocycles. The fourth-order valence-corrected chi connectivity index (χ4v) is 4.41. The summed E-state index contributed by atoms with van der Waals surface area (Å²) in [5, 5.41) is 0. The molecule has 0 saturated heterocycles. The Morgan fingerprint density at radius 3 is 2.48 bits per heavy atom. The van der Waals surface area contributed by atoms with Gasteiger partial charge in [-0.3, -0.25) is 24.0 Å². The highest BCUT2D eigenvalue weighted by Gasteiger charge is 2.25. The third kappa shape index (κ3) is 5.64. The number of aromatic nitrogens is 2. The second-order valence-electron chi connectivity index (χ2n) is 8.40. The highest BCUT2D eigenvalue weighted by molar-refractivity contribution is 5.96. The Kier molecular flexibility index (Phi) is 7.68. The number of nitrogens with one attached hydrogen (secondary N) is 1. The molecule has 3 N–H and O–H groups in total. The molecule has 8 heteroatoms. The predicted molar refractivity (Wildman–Crippen MR) is 123 cm³/mol. The van der Waals surface area contributed by atoms with Gasteiger partial charge in [-0.25, -0.2) is 4.79 Å². The smallest absolute Gasteiger partial charge is 0.330 e. The third-order valence-electron chi connectivity index (χ3n) is 5.98. The monoisotopic (exact) mass is 427 g/mol. The van der Waals surface area contributed by atoms with Crippen molar-refractivity contribution in [3.63, 3.8) is 0 Å². The van der Waals surface area contributed by atoms with E-state index in [-0.39, 0.29) is 37.0 Å². The Bertz CT molecular complexity index is 993. The number of nitrogen functional groups attached to an aromatic ring is 1. The first kappa shape index (κ1) is 22.8. The number of nitrogens with two attached hydrogens (primary N) is 1. The molecule has 0 unspecified atom stereocenters. The van der Waals surface area contributed by atoms with Crippen molar-refractivity contribution < 1.29 is 4.79 Å². The molecule has 1 fully saturated rings. The molecular formula is C23H33N5O3. The molecule has 1 aromatic heterocycles. The molecule has 1 aromatic carbocycles. The van der Waals surface area contributed by atoms with Crippen molar-refractivity contribution in [3.8, 4) is 0 Å². The number of amides is 1. The number of aromatic amines is 1. The lowest BCUT2D eigenvalue weighted by Gasteiger charge is -2.29. The number of nitrogens with zero attached hydrogens (tertiary/aromatic N) is 3. The molecule has 31 heavy (non-hydrogen) atoms. The summed E-state index contributed by atoms with van der Waals surface area (Å²) in [6.45, 7) is 3.35. The van der Waals surface area contributed by atoms with E-state index in [1.54, 1.807) is 6.92 Å². The number of hydrogen-bond acceptors (Lipinski definition) is 5. The number of carbonyl (C=O) groups excluding carboxylic acids is 1. The van der Waals surface area contributed by atoms with Crippen LogP contribution >= 0.6 is 0 Å². The summed E-state index contributed by atoms with van der Waals surface area (Å²) in [4.78, 5) is 43.8. The Labute approximate surface area is 182 Å². The average molecular weight is 428 g/mol. The average Bonchev–Trinajstić information content (AvgIpc) is 2.75. The molecular weight excluding hydrogens is 394 g/mol. The highest BCUT2D eigenvalue weighted by atomic mass is 16.2. The van der Waals surface area contributed by atoms with Crippen molar-refractivity contribution in [2.45, 2.75) is 45.6 Å². The van der Waals surface area contributed by atoms with Crippen LogP contribution < -0.4 is 21.9 Å². The van der Waals surface area contributed by atoms with Gasteiger partial charge < -0.3 is 10.6 Å². The lowest BCUT2D eigenvalue weighted by atomic mass is 9.89. The molecule has 1 aliphatic rings. The van der Waals surface area contributed by atoms with Gasteiger partial charge in [-0.1, -0.05) is 49.6 Å². The van der Waals surface area contributed by atoms with Crippen LogP contribution in [0.2, 0.25) is 0 Å². The lowest BCUT2D eigenvalue weighted by Crippen LogP contribution is -2.45. The molecule has 2 aromatic rings. The maximum Gasteiger partial charge on any atom is 0.330 e. The third-order valence-corrected chi connectivity index (χ3v) is 5.98. The van der Waals surface area contributed by atoms with Crippen LogP contribution in [-0.4, -0.2) is 47.0 Å². The summed E-state index contributed by atoms with van der Waals surface area (Å²) in [5.74, 6) is 0.411. The first-order valence-corrected chi connectivity index (χ1v) is 11.1. The Morgan fingerprint density at radius 1 is 1.16 bits per heavy atom. The SMILES string of the molecule is CCN(C(=O)CN(C)CC1CCCCC1)c1c(N)n(Cc2ccccc2)c(=O)[nH]c1=O. The molecule has 8 nitrogen and oxygen atoms in total. The van der Waals surface area contributed by atoms with Crippen LogP contribution in [0.4, 0.5) is 11.5 Å². The molecule has 0 spiro atoms. The molecule has 1 aliphatic carbocycles. The van der Waals surface area contributed by atoms with Crippen molar-refractivity contribution in [2.75, 3.05) is 37.3 Å². The van der Waals surface area contributed by atoms with E-state index in [9.17, 15) is 14.4 Å². The lowest BCUT2D eigenvalue weighted by molar-refractivity contribution is -0.119. The maximum absolute atomic E-state index is 13.1.